The van der Waals surface area contributed by atoms with Crippen LogP contribution in [0.5, 0.6) is 0 Å². The molecule has 1 aromatic rings. The van der Waals surface area contributed by atoms with Gasteiger partial charge < -0.3 is 5.32 Å². The average Bonchev–Trinajstić information content (AvgIpc) is 2.08. The highest BCUT2D eigenvalue weighted by Gasteiger charge is 2.09. The molecule has 0 radical (unpaired) electrons. The van der Waals surface area contributed by atoms with Crippen LogP contribution in [0.2, 0.25) is 5.15 Å². The molecule has 0 bridgehead atoms. The van der Waals surface area contributed by atoms with E-state index in [1.165, 1.54) is 0 Å². The van der Waals surface area contributed by atoms with Gasteiger partial charge in [-0.3, -0.25) is 0 Å². The zero-order chi connectivity index (χ0) is 10.7. The van der Waals surface area contributed by atoms with E-state index in [0.29, 0.717) is 17.2 Å². The molecule has 0 unspecified atom stereocenters. The van der Waals surface area contributed by atoms with Crippen LogP contribution in [0.4, 0.5) is 14.6 Å². The third-order valence-corrected chi connectivity index (χ3v) is 1.99. The first-order valence-corrected chi connectivity index (χ1v) is 4.41. The SMILES string of the molecule is Cc1nc(Cl)c(C)c(NCC(F)F)n1. The first kappa shape index (κ1) is 11.1. The highest BCUT2D eigenvalue weighted by Crippen LogP contribution is 2.19. The Morgan fingerprint density at radius 2 is 2.00 bits per heavy atom. The van der Waals surface area contributed by atoms with E-state index in [1.54, 1.807) is 13.8 Å². The molecule has 3 nitrogen and oxygen atoms in total. The zero-order valence-corrected chi connectivity index (χ0v) is 8.57. The second-order valence-electron chi connectivity index (χ2n) is 2.81. The topological polar surface area (TPSA) is 37.8 Å². The molecule has 1 heterocycles. The van der Waals surface area contributed by atoms with Crippen LogP contribution in [-0.4, -0.2) is 22.9 Å². The lowest BCUT2D eigenvalue weighted by atomic mass is 10.3. The number of nitrogens with one attached hydrogen (secondary N) is 1. The van der Waals surface area contributed by atoms with E-state index in [0.717, 1.165) is 0 Å². The molecule has 0 saturated carbocycles. The van der Waals surface area contributed by atoms with Crippen LogP contribution in [0, 0.1) is 13.8 Å². The van der Waals surface area contributed by atoms with Gasteiger partial charge in [0, 0.05) is 5.56 Å². The molecule has 0 saturated heterocycles. The molecule has 0 spiro atoms. The van der Waals surface area contributed by atoms with Crippen LogP contribution in [0.1, 0.15) is 11.4 Å². The fourth-order valence-corrected chi connectivity index (χ4v) is 1.15. The van der Waals surface area contributed by atoms with Gasteiger partial charge in [0.05, 0.1) is 6.54 Å². The third kappa shape index (κ3) is 2.77. The van der Waals surface area contributed by atoms with Crippen molar-refractivity contribution in [3.63, 3.8) is 0 Å². The van der Waals surface area contributed by atoms with Gasteiger partial charge in [-0.2, -0.15) is 0 Å². The minimum absolute atomic E-state index is 0.286. The molecule has 1 aromatic heterocycles. The lowest BCUT2D eigenvalue weighted by Crippen LogP contribution is -2.13. The Balaban J connectivity index is 2.85. The average molecular weight is 222 g/mol. The second-order valence-corrected chi connectivity index (χ2v) is 3.17. The van der Waals surface area contributed by atoms with Crippen molar-refractivity contribution in [2.75, 3.05) is 11.9 Å². The Kier molecular flexibility index (Phi) is 3.57. The fraction of sp³-hybridized carbons (Fsp3) is 0.500. The standard InChI is InChI=1S/C8H10ClF2N3/c1-4-7(9)13-5(2)14-8(4)12-3-6(10)11/h6H,3H2,1-2H3,(H,12,13,14). The van der Waals surface area contributed by atoms with E-state index in [1.807, 2.05) is 0 Å². The Morgan fingerprint density at radius 3 is 2.57 bits per heavy atom. The number of hydrogen-bond acceptors (Lipinski definition) is 3. The van der Waals surface area contributed by atoms with Crippen LogP contribution >= 0.6 is 11.6 Å². The van der Waals surface area contributed by atoms with Crippen molar-refractivity contribution in [3.8, 4) is 0 Å². The van der Waals surface area contributed by atoms with Crippen molar-refractivity contribution in [1.82, 2.24) is 9.97 Å². The predicted octanol–water partition coefficient (Wildman–Crippen LogP) is 2.42. The number of alkyl halides is 2. The van der Waals surface area contributed by atoms with E-state index in [2.05, 4.69) is 15.3 Å². The molecule has 0 aliphatic rings. The summed E-state index contributed by atoms with van der Waals surface area (Å²) in [4.78, 5) is 7.85. The third-order valence-electron chi connectivity index (χ3n) is 1.62. The highest BCUT2D eigenvalue weighted by atomic mass is 35.5. The van der Waals surface area contributed by atoms with E-state index in [9.17, 15) is 8.78 Å². The van der Waals surface area contributed by atoms with Gasteiger partial charge in [0.25, 0.3) is 6.43 Å². The summed E-state index contributed by atoms with van der Waals surface area (Å²) in [6, 6.07) is 0. The van der Waals surface area contributed by atoms with Crippen molar-refractivity contribution < 1.29 is 8.78 Å². The van der Waals surface area contributed by atoms with Gasteiger partial charge in [-0.1, -0.05) is 11.6 Å². The number of nitrogens with zero attached hydrogens (tertiary/aromatic N) is 2. The minimum atomic E-state index is -2.41. The van der Waals surface area contributed by atoms with Crippen LogP contribution in [0.3, 0.4) is 0 Å². The maximum atomic E-state index is 11.9. The lowest BCUT2D eigenvalue weighted by Gasteiger charge is -2.09. The molecular formula is C8H10ClF2N3. The summed E-state index contributed by atoms with van der Waals surface area (Å²) < 4.78 is 23.8. The monoisotopic (exact) mass is 221 g/mol. The normalized spacial score (nSPS) is 10.7. The summed E-state index contributed by atoms with van der Waals surface area (Å²) in [5.41, 5.74) is 0.581. The number of halogens is 3. The number of hydrogen-bond donors (Lipinski definition) is 1. The van der Waals surface area contributed by atoms with E-state index >= 15 is 0 Å². The number of aromatic nitrogens is 2. The Bertz CT molecular complexity index is 331. The number of aryl methyl sites for hydroxylation is 1. The molecule has 1 N–H and O–H groups in total. The molecule has 14 heavy (non-hydrogen) atoms. The second kappa shape index (κ2) is 4.50. The molecule has 78 valence electrons. The van der Waals surface area contributed by atoms with Gasteiger partial charge in [0.15, 0.2) is 0 Å². The van der Waals surface area contributed by atoms with E-state index in [-0.39, 0.29) is 5.15 Å². The Hall–Kier alpha value is -0.970. The van der Waals surface area contributed by atoms with Crippen molar-refractivity contribution >= 4 is 17.4 Å². The maximum Gasteiger partial charge on any atom is 0.255 e. The quantitative estimate of drug-likeness (QED) is 0.797. The molecule has 0 aliphatic carbocycles. The largest absolute Gasteiger partial charge is 0.364 e. The van der Waals surface area contributed by atoms with Gasteiger partial charge >= 0.3 is 0 Å². The smallest absolute Gasteiger partial charge is 0.255 e. The van der Waals surface area contributed by atoms with Crippen LogP contribution in [0.25, 0.3) is 0 Å². The van der Waals surface area contributed by atoms with Crippen molar-refractivity contribution in [2.45, 2.75) is 20.3 Å². The van der Waals surface area contributed by atoms with Crippen molar-refractivity contribution in [2.24, 2.45) is 0 Å². The van der Waals surface area contributed by atoms with Crippen LogP contribution in [0.15, 0.2) is 0 Å². The first-order chi connectivity index (χ1) is 6.50. The molecular weight excluding hydrogens is 212 g/mol. The summed E-state index contributed by atoms with van der Waals surface area (Å²) in [6.45, 7) is 2.89. The predicted molar refractivity (Wildman–Crippen MR) is 51.0 cm³/mol. The first-order valence-electron chi connectivity index (χ1n) is 4.03. The minimum Gasteiger partial charge on any atom is -0.364 e. The van der Waals surface area contributed by atoms with E-state index in [4.69, 9.17) is 11.6 Å². The van der Waals surface area contributed by atoms with Gasteiger partial charge in [-0.05, 0) is 13.8 Å². The highest BCUT2D eigenvalue weighted by molar-refractivity contribution is 6.30. The Morgan fingerprint density at radius 1 is 1.36 bits per heavy atom. The Labute approximate surface area is 85.5 Å². The van der Waals surface area contributed by atoms with Crippen LogP contribution < -0.4 is 5.32 Å². The molecule has 0 atom stereocenters. The zero-order valence-electron chi connectivity index (χ0n) is 7.81. The van der Waals surface area contributed by atoms with Gasteiger partial charge in [0.1, 0.15) is 16.8 Å². The van der Waals surface area contributed by atoms with Crippen LogP contribution in [-0.2, 0) is 0 Å². The summed E-state index contributed by atoms with van der Waals surface area (Å²) in [6.07, 6.45) is -2.41. The summed E-state index contributed by atoms with van der Waals surface area (Å²) in [5.74, 6) is 0.820. The molecule has 0 amide bonds. The molecule has 1 rings (SSSR count). The van der Waals surface area contributed by atoms with Gasteiger partial charge in [0.2, 0.25) is 0 Å². The lowest BCUT2D eigenvalue weighted by molar-refractivity contribution is 0.163. The molecule has 6 heteroatoms. The summed E-state index contributed by atoms with van der Waals surface area (Å²) >= 11 is 5.76. The number of anilines is 1. The summed E-state index contributed by atoms with van der Waals surface area (Å²) in [5, 5.41) is 2.79. The van der Waals surface area contributed by atoms with E-state index < -0.39 is 13.0 Å². The number of rotatable bonds is 3. The van der Waals surface area contributed by atoms with Crippen molar-refractivity contribution in [1.29, 1.82) is 0 Å². The van der Waals surface area contributed by atoms with Crippen molar-refractivity contribution in [3.05, 3.63) is 16.5 Å². The molecule has 0 aromatic carbocycles. The summed E-state index contributed by atoms with van der Waals surface area (Å²) in [7, 11) is 0. The maximum absolute atomic E-state index is 11.9. The van der Waals surface area contributed by atoms with Gasteiger partial charge in [-0.25, -0.2) is 18.7 Å². The fourth-order valence-electron chi connectivity index (χ4n) is 0.940. The molecule has 0 fully saturated rings. The van der Waals surface area contributed by atoms with Gasteiger partial charge in [-0.15, -0.1) is 0 Å². The molecule has 0 aliphatic heterocycles.